The molecule has 1 aromatic carbocycles. The van der Waals surface area contributed by atoms with Crippen LogP contribution in [0.5, 0.6) is 0 Å². The summed E-state index contributed by atoms with van der Waals surface area (Å²) in [7, 11) is 0. The van der Waals surface area contributed by atoms with Crippen molar-refractivity contribution >= 4 is 17.8 Å². The van der Waals surface area contributed by atoms with Crippen molar-refractivity contribution in [2.45, 2.75) is 27.3 Å². The number of carbonyl (C=O) groups excluding carboxylic acids is 2. The van der Waals surface area contributed by atoms with Gasteiger partial charge in [-0.1, -0.05) is 30.3 Å². The summed E-state index contributed by atoms with van der Waals surface area (Å²) in [6, 6.07) is 15.5. The maximum atomic E-state index is 13.5. The molecule has 36 heavy (non-hydrogen) atoms. The van der Waals surface area contributed by atoms with Crippen LogP contribution in [0.2, 0.25) is 0 Å². The number of nitriles is 1. The average Bonchev–Trinajstić information content (AvgIpc) is 3.42. The van der Waals surface area contributed by atoms with Gasteiger partial charge in [-0.2, -0.15) is 10.4 Å². The number of Topliss-reactive ketones (excluding diaryl/α,β-unsaturated/α-hetero) is 1. The molecule has 0 saturated heterocycles. The van der Waals surface area contributed by atoms with Crippen LogP contribution in [0.1, 0.15) is 50.2 Å². The highest BCUT2D eigenvalue weighted by molar-refractivity contribution is 6.19. The van der Waals surface area contributed by atoms with E-state index < -0.39 is 11.8 Å². The first kappa shape index (κ1) is 24.4. The van der Waals surface area contributed by atoms with Gasteiger partial charge in [-0.25, -0.2) is 4.79 Å². The fourth-order valence-electron chi connectivity index (χ4n) is 4.08. The highest BCUT2D eigenvalue weighted by Gasteiger charge is 2.27. The molecule has 3 aromatic heterocycles. The molecule has 180 valence electrons. The molecule has 0 bridgehead atoms. The molecule has 0 aliphatic heterocycles. The van der Waals surface area contributed by atoms with Crippen LogP contribution in [0.25, 0.3) is 17.3 Å². The zero-order valence-corrected chi connectivity index (χ0v) is 20.3. The molecule has 0 atom stereocenters. The topological polar surface area (TPSA) is 114 Å². The lowest BCUT2D eigenvalue weighted by molar-refractivity contribution is 0.0523. The van der Waals surface area contributed by atoms with E-state index in [-0.39, 0.29) is 23.3 Å². The minimum Gasteiger partial charge on any atom is -0.462 e. The molecule has 4 rings (SSSR count). The summed E-state index contributed by atoms with van der Waals surface area (Å²) < 4.78 is 6.91. The zero-order chi connectivity index (χ0) is 25.7. The highest BCUT2D eigenvalue weighted by atomic mass is 16.5. The van der Waals surface area contributed by atoms with Gasteiger partial charge in [0.15, 0.2) is 0 Å². The lowest BCUT2D eigenvalue weighted by Crippen LogP contribution is -2.13. The van der Waals surface area contributed by atoms with Crippen molar-refractivity contribution in [3.8, 4) is 17.3 Å². The summed E-state index contributed by atoms with van der Waals surface area (Å²) in [5.41, 5.74) is 4.16. The number of benzene rings is 1. The van der Waals surface area contributed by atoms with E-state index in [1.54, 1.807) is 50.1 Å². The molecule has 0 amide bonds. The van der Waals surface area contributed by atoms with Crippen molar-refractivity contribution in [2.24, 2.45) is 0 Å². The number of ether oxygens (including phenoxy) is 1. The molecule has 0 saturated carbocycles. The van der Waals surface area contributed by atoms with Crippen LogP contribution in [0.3, 0.4) is 0 Å². The average molecular weight is 480 g/mol. The number of rotatable bonds is 8. The van der Waals surface area contributed by atoms with Crippen molar-refractivity contribution in [1.82, 2.24) is 19.7 Å². The number of nitrogens with one attached hydrogen (secondary N) is 1. The predicted molar refractivity (Wildman–Crippen MR) is 135 cm³/mol. The van der Waals surface area contributed by atoms with Crippen LogP contribution in [0.4, 0.5) is 0 Å². The maximum absolute atomic E-state index is 13.5. The van der Waals surface area contributed by atoms with Crippen molar-refractivity contribution in [2.75, 3.05) is 6.61 Å². The summed E-state index contributed by atoms with van der Waals surface area (Å²) in [5.74, 6) is -1.16. The van der Waals surface area contributed by atoms with Crippen LogP contribution >= 0.6 is 0 Å². The van der Waals surface area contributed by atoms with Gasteiger partial charge < -0.3 is 9.72 Å². The van der Waals surface area contributed by atoms with E-state index in [4.69, 9.17) is 9.84 Å². The van der Waals surface area contributed by atoms with Gasteiger partial charge in [0.1, 0.15) is 17.3 Å². The van der Waals surface area contributed by atoms with E-state index >= 15 is 0 Å². The number of nitrogens with zero attached hydrogens (tertiary/aromatic N) is 4. The Hall–Kier alpha value is -4.77. The van der Waals surface area contributed by atoms with Crippen LogP contribution < -0.4 is 0 Å². The summed E-state index contributed by atoms with van der Waals surface area (Å²) in [6.45, 7) is 5.77. The van der Waals surface area contributed by atoms with Crippen molar-refractivity contribution in [3.05, 3.63) is 100 Å². The van der Waals surface area contributed by atoms with E-state index in [1.807, 2.05) is 42.5 Å². The molecule has 0 radical (unpaired) electrons. The first-order valence-electron chi connectivity index (χ1n) is 11.5. The number of ketones is 1. The van der Waals surface area contributed by atoms with E-state index in [1.165, 1.54) is 6.08 Å². The van der Waals surface area contributed by atoms with Gasteiger partial charge in [0.25, 0.3) is 0 Å². The number of H-pyrrole nitrogens is 1. The molecular weight excluding hydrogens is 454 g/mol. The Morgan fingerprint density at radius 3 is 2.53 bits per heavy atom. The number of aryl methyl sites for hydroxylation is 2. The van der Waals surface area contributed by atoms with E-state index in [9.17, 15) is 14.9 Å². The third-order valence-corrected chi connectivity index (χ3v) is 5.66. The number of aromatic nitrogens is 4. The number of esters is 1. The van der Waals surface area contributed by atoms with Crippen LogP contribution in [-0.4, -0.2) is 38.1 Å². The molecular formula is C28H25N5O3. The molecule has 8 heteroatoms. The molecule has 4 aromatic rings. The first-order chi connectivity index (χ1) is 17.4. The van der Waals surface area contributed by atoms with Crippen molar-refractivity contribution in [3.63, 3.8) is 0 Å². The Morgan fingerprint density at radius 2 is 1.86 bits per heavy atom. The zero-order valence-electron chi connectivity index (χ0n) is 20.3. The fraction of sp³-hybridized carbons (Fsp3) is 0.179. The Balaban J connectivity index is 1.79. The molecule has 0 fully saturated rings. The highest BCUT2D eigenvalue weighted by Crippen LogP contribution is 2.27. The summed E-state index contributed by atoms with van der Waals surface area (Å²) in [4.78, 5) is 33.3. The van der Waals surface area contributed by atoms with Gasteiger partial charge >= 0.3 is 5.97 Å². The Morgan fingerprint density at radius 1 is 1.11 bits per heavy atom. The van der Waals surface area contributed by atoms with Crippen LogP contribution in [-0.2, 0) is 11.3 Å². The second-order valence-electron chi connectivity index (χ2n) is 8.20. The normalized spacial score (nSPS) is 11.2. The third kappa shape index (κ3) is 5.00. The first-order valence-corrected chi connectivity index (χ1v) is 11.5. The number of pyridine rings is 1. The molecule has 3 heterocycles. The van der Waals surface area contributed by atoms with Crippen LogP contribution in [0, 0.1) is 25.2 Å². The van der Waals surface area contributed by atoms with Gasteiger partial charge in [0.05, 0.1) is 24.3 Å². The quantitative estimate of drug-likeness (QED) is 0.166. The number of carbonyl (C=O) groups is 2. The van der Waals surface area contributed by atoms with Crippen molar-refractivity contribution in [1.29, 1.82) is 5.26 Å². The van der Waals surface area contributed by atoms with Gasteiger partial charge in [0.2, 0.25) is 5.78 Å². The smallest absolute Gasteiger partial charge is 0.340 e. The Labute approximate surface area is 208 Å². The summed E-state index contributed by atoms with van der Waals surface area (Å²) >= 11 is 0. The number of aromatic amines is 1. The van der Waals surface area contributed by atoms with Gasteiger partial charge in [0, 0.05) is 41.1 Å². The second kappa shape index (κ2) is 10.7. The fourth-order valence-corrected chi connectivity index (χ4v) is 4.08. The lowest BCUT2D eigenvalue weighted by atomic mass is 9.97. The molecule has 0 aliphatic rings. The minimum absolute atomic E-state index is 0.118. The maximum Gasteiger partial charge on any atom is 0.340 e. The molecule has 1 N–H and O–H groups in total. The van der Waals surface area contributed by atoms with Gasteiger partial charge in [-0.05, 0) is 44.5 Å². The second-order valence-corrected chi connectivity index (χ2v) is 8.20. The van der Waals surface area contributed by atoms with E-state index in [0.29, 0.717) is 29.2 Å². The largest absolute Gasteiger partial charge is 0.462 e. The number of hydrogen-bond acceptors (Lipinski definition) is 6. The Kier molecular flexibility index (Phi) is 7.21. The standard InChI is InChI=1S/C28H25N5O3/c1-4-36-28(35)25-19(3)31-18(2)24(25)27(34)22(14-29)13-23-17-33(16-20-9-6-5-7-10-20)32-26(23)21-11-8-12-30-15-21/h5-13,15,17,31H,4,16H2,1-3H3/b22-13+. The summed E-state index contributed by atoms with van der Waals surface area (Å²) in [5, 5.41) is 14.7. The Bertz CT molecular complexity index is 1470. The molecule has 0 spiro atoms. The van der Waals surface area contributed by atoms with Gasteiger partial charge in [-0.3, -0.25) is 14.5 Å². The SMILES string of the molecule is CCOC(=O)c1c(C)[nH]c(C)c1C(=O)/C(C#N)=C/c1cn(Cc2ccccc2)nc1-c1cccnc1. The molecule has 0 aliphatic carbocycles. The number of hydrogen-bond donors (Lipinski definition) is 1. The van der Waals surface area contributed by atoms with Crippen LogP contribution in [0.15, 0.2) is 66.6 Å². The van der Waals surface area contributed by atoms with Crippen molar-refractivity contribution < 1.29 is 14.3 Å². The monoisotopic (exact) mass is 479 g/mol. The van der Waals surface area contributed by atoms with Gasteiger partial charge in [-0.15, -0.1) is 0 Å². The summed E-state index contributed by atoms with van der Waals surface area (Å²) in [6.07, 6.45) is 6.65. The van der Waals surface area contributed by atoms with E-state index in [0.717, 1.165) is 11.1 Å². The molecule has 8 nitrogen and oxygen atoms in total. The van der Waals surface area contributed by atoms with E-state index in [2.05, 4.69) is 9.97 Å². The lowest BCUT2D eigenvalue weighted by Gasteiger charge is -2.05. The molecule has 0 unspecified atom stereocenters. The third-order valence-electron chi connectivity index (χ3n) is 5.66. The predicted octanol–water partition coefficient (Wildman–Crippen LogP) is 4.90. The number of allylic oxidation sites excluding steroid dienone is 1. The minimum atomic E-state index is -0.605.